The van der Waals surface area contributed by atoms with Crippen molar-refractivity contribution in [3.63, 3.8) is 0 Å². The van der Waals surface area contributed by atoms with Gasteiger partial charge in [0, 0.05) is 26.4 Å². The Hall–Kier alpha value is -2.15. The number of amides is 1. The molecule has 1 amide bonds. The van der Waals surface area contributed by atoms with E-state index in [0.29, 0.717) is 27.4 Å². The zero-order chi connectivity index (χ0) is 21.6. The molecule has 0 spiro atoms. The fourth-order valence-corrected chi connectivity index (χ4v) is 6.25. The molecule has 2 heterocycles. The van der Waals surface area contributed by atoms with Gasteiger partial charge in [-0.15, -0.1) is 0 Å². The Kier molecular flexibility index (Phi) is 5.40. The molecule has 0 radical (unpaired) electrons. The van der Waals surface area contributed by atoms with Gasteiger partial charge in [-0.25, -0.2) is 4.68 Å². The minimum atomic E-state index is -1.00. The molecular weight excluding hydrogens is 453 g/mol. The predicted molar refractivity (Wildman–Crippen MR) is 124 cm³/mol. The smallest absolute Gasteiger partial charge is 0.236 e. The van der Waals surface area contributed by atoms with Crippen molar-refractivity contribution in [2.75, 3.05) is 5.32 Å². The number of nitrogens with zero attached hydrogens (tertiary/aromatic N) is 2. The van der Waals surface area contributed by atoms with Crippen LogP contribution in [0.5, 0.6) is 0 Å². The van der Waals surface area contributed by atoms with Crippen LogP contribution in [0, 0.1) is 0 Å². The molecule has 2 aromatic carbocycles. The number of anilines is 1. The lowest BCUT2D eigenvalue weighted by molar-refractivity contribution is -0.121. The molecule has 0 unspecified atom stereocenters. The molecular formula is C23H21Cl2N3O2S. The van der Waals surface area contributed by atoms with E-state index in [9.17, 15) is 9.00 Å². The van der Waals surface area contributed by atoms with Gasteiger partial charge >= 0.3 is 0 Å². The van der Waals surface area contributed by atoms with Crippen molar-refractivity contribution in [1.29, 1.82) is 0 Å². The fraction of sp³-hybridized carbons (Fsp3) is 0.304. The second-order valence-corrected chi connectivity index (χ2v) is 10.5. The highest BCUT2D eigenvalue weighted by Gasteiger charge is 2.43. The molecule has 1 N–H and O–H groups in total. The number of carbonyl (C=O) groups is 1. The van der Waals surface area contributed by atoms with Crippen molar-refractivity contribution in [2.45, 2.75) is 42.6 Å². The van der Waals surface area contributed by atoms with E-state index in [0.717, 1.165) is 48.2 Å². The monoisotopic (exact) mass is 473 g/mol. The van der Waals surface area contributed by atoms with E-state index < -0.39 is 16.2 Å². The number of benzene rings is 2. The summed E-state index contributed by atoms with van der Waals surface area (Å²) < 4.78 is 13.9. The lowest BCUT2D eigenvalue weighted by Crippen LogP contribution is -2.38. The second-order valence-electron chi connectivity index (χ2n) is 8.14. The van der Waals surface area contributed by atoms with Crippen molar-refractivity contribution in [3.05, 3.63) is 75.4 Å². The molecule has 1 atom stereocenters. The number of fused-ring (bicyclic) bond motifs is 1. The summed E-state index contributed by atoms with van der Waals surface area (Å²) in [6.45, 7) is 0. The van der Waals surface area contributed by atoms with Crippen LogP contribution in [0.4, 0.5) is 5.82 Å². The molecule has 1 aromatic heterocycles. The van der Waals surface area contributed by atoms with Gasteiger partial charge in [-0.2, -0.15) is 5.10 Å². The number of hydrogen-bond acceptors (Lipinski definition) is 3. The molecule has 1 aliphatic heterocycles. The van der Waals surface area contributed by atoms with Gasteiger partial charge < -0.3 is 5.32 Å². The van der Waals surface area contributed by atoms with Gasteiger partial charge in [0.15, 0.2) is 0 Å². The van der Waals surface area contributed by atoms with Crippen molar-refractivity contribution in [1.82, 2.24) is 9.78 Å². The van der Waals surface area contributed by atoms with Crippen LogP contribution in [-0.4, -0.2) is 19.9 Å². The first-order chi connectivity index (χ1) is 15.0. The Morgan fingerprint density at radius 1 is 1.03 bits per heavy atom. The van der Waals surface area contributed by atoms with Gasteiger partial charge in [-0.3, -0.25) is 9.00 Å². The summed E-state index contributed by atoms with van der Waals surface area (Å²) in [5.74, 6) is 1.32. The molecule has 160 valence electrons. The van der Waals surface area contributed by atoms with E-state index in [1.54, 1.807) is 16.8 Å². The van der Waals surface area contributed by atoms with Crippen molar-refractivity contribution in [2.24, 2.45) is 0 Å². The molecule has 0 bridgehead atoms. The zero-order valence-electron chi connectivity index (χ0n) is 16.7. The van der Waals surface area contributed by atoms with E-state index in [-0.39, 0.29) is 5.91 Å². The van der Waals surface area contributed by atoms with Crippen LogP contribution in [0.15, 0.2) is 48.5 Å². The number of hydrogen-bond donors (Lipinski definition) is 1. The summed E-state index contributed by atoms with van der Waals surface area (Å²) in [7, 11) is -1.00. The Bertz CT molecular complexity index is 1180. The number of nitrogens with one attached hydrogen (secondary N) is 1. The Balaban J connectivity index is 1.56. The van der Waals surface area contributed by atoms with Crippen LogP contribution in [0.1, 0.15) is 42.5 Å². The highest BCUT2D eigenvalue weighted by Crippen LogP contribution is 2.43. The van der Waals surface area contributed by atoms with E-state index in [1.807, 2.05) is 36.4 Å². The molecule has 1 saturated carbocycles. The molecule has 1 aliphatic carbocycles. The van der Waals surface area contributed by atoms with E-state index in [2.05, 4.69) is 10.4 Å². The summed E-state index contributed by atoms with van der Waals surface area (Å²) in [5, 5.41) is 9.08. The number of carbonyl (C=O) groups excluding carboxylic acids is 1. The van der Waals surface area contributed by atoms with E-state index in [1.165, 1.54) is 0 Å². The summed E-state index contributed by atoms with van der Waals surface area (Å²) in [4.78, 5) is 13.8. The molecule has 8 heteroatoms. The molecule has 31 heavy (non-hydrogen) atoms. The van der Waals surface area contributed by atoms with Gasteiger partial charge in [0.1, 0.15) is 5.82 Å². The Morgan fingerprint density at radius 2 is 1.77 bits per heavy atom. The quantitative estimate of drug-likeness (QED) is 0.552. The Morgan fingerprint density at radius 3 is 2.48 bits per heavy atom. The van der Waals surface area contributed by atoms with E-state index in [4.69, 9.17) is 23.2 Å². The maximum Gasteiger partial charge on any atom is 0.236 e. The highest BCUT2D eigenvalue weighted by molar-refractivity contribution is 7.83. The number of rotatable bonds is 4. The SMILES string of the molecule is O=C(Nc1c2c(nn1-c1cccc(Cl)c1)C[S@@](=O)C2)C1(c2ccc(Cl)cc2)CCCC1. The van der Waals surface area contributed by atoms with Crippen LogP contribution in [0.2, 0.25) is 10.0 Å². The summed E-state index contributed by atoms with van der Waals surface area (Å²) in [6, 6.07) is 14.9. The van der Waals surface area contributed by atoms with Crippen LogP contribution < -0.4 is 5.32 Å². The minimum absolute atomic E-state index is 0.0593. The third kappa shape index (κ3) is 3.71. The third-order valence-electron chi connectivity index (χ3n) is 6.24. The molecule has 5 rings (SSSR count). The zero-order valence-corrected chi connectivity index (χ0v) is 19.1. The average Bonchev–Trinajstić information content (AvgIpc) is 3.45. The van der Waals surface area contributed by atoms with Crippen LogP contribution in [-0.2, 0) is 32.5 Å². The second kappa shape index (κ2) is 8.08. The summed E-state index contributed by atoms with van der Waals surface area (Å²) in [5.41, 5.74) is 2.73. The maximum absolute atomic E-state index is 13.8. The first kappa shape index (κ1) is 20.7. The van der Waals surface area contributed by atoms with Gasteiger partial charge in [-0.05, 0) is 48.7 Å². The predicted octanol–water partition coefficient (Wildman–Crippen LogP) is 5.39. The highest BCUT2D eigenvalue weighted by atomic mass is 35.5. The lowest BCUT2D eigenvalue weighted by Gasteiger charge is -2.28. The van der Waals surface area contributed by atoms with Crippen molar-refractivity contribution < 1.29 is 9.00 Å². The number of aromatic nitrogens is 2. The average molecular weight is 474 g/mol. The minimum Gasteiger partial charge on any atom is -0.310 e. The van der Waals surface area contributed by atoms with Crippen molar-refractivity contribution >= 4 is 45.7 Å². The molecule has 5 nitrogen and oxygen atoms in total. The topological polar surface area (TPSA) is 64.0 Å². The summed E-state index contributed by atoms with van der Waals surface area (Å²) in [6.07, 6.45) is 3.54. The standard InChI is InChI=1S/C23H21Cl2N3O2S/c24-16-8-6-15(7-9-16)23(10-1-2-11-23)22(29)26-21-19-13-31(30)14-20(19)27-28(21)18-5-3-4-17(25)12-18/h3-9,12H,1-2,10-11,13-14H2,(H,26,29)/t31-/m0/s1. The van der Waals surface area contributed by atoms with Crippen molar-refractivity contribution in [3.8, 4) is 5.69 Å². The first-order valence-corrected chi connectivity index (χ1v) is 12.5. The first-order valence-electron chi connectivity index (χ1n) is 10.3. The Labute approximate surface area is 193 Å². The normalized spacial score (nSPS) is 19.4. The molecule has 2 aliphatic rings. The maximum atomic E-state index is 13.8. The van der Waals surface area contributed by atoms with Crippen LogP contribution >= 0.6 is 23.2 Å². The van der Waals surface area contributed by atoms with Gasteiger partial charge in [0.2, 0.25) is 5.91 Å². The van der Waals surface area contributed by atoms with Crippen LogP contribution in [0.25, 0.3) is 5.69 Å². The third-order valence-corrected chi connectivity index (χ3v) is 7.94. The van der Waals surface area contributed by atoms with Gasteiger partial charge in [0.25, 0.3) is 0 Å². The van der Waals surface area contributed by atoms with Gasteiger partial charge in [-0.1, -0.05) is 54.2 Å². The lowest BCUT2D eigenvalue weighted by atomic mass is 9.78. The van der Waals surface area contributed by atoms with Gasteiger partial charge in [0.05, 0.1) is 28.3 Å². The van der Waals surface area contributed by atoms with E-state index >= 15 is 0 Å². The largest absolute Gasteiger partial charge is 0.310 e. The number of halogens is 2. The molecule has 1 fully saturated rings. The summed E-state index contributed by atoms with van der Waals surface area (Å²) >= 11 is 12.3. The molecule has 0 saturated heterocycles. The fourth-order valence-electron chi connectivity index (χ4n) is 4.67. The van der Waals surface area contributed by atoms with Crippen LogP contribution in [0.3, 0.4) is 0 Å². The molecule has 3 aromatic rings.